The first kappa shape index (κ1) is 15.6. The van der Waals surface area contributed by atoms with Crippen molar-refractivity contribution in [3.63, 3.8) is 0 Å². The van der Waals surface area contributed by atoms with Gasteiger partial charge in [-0.1, -0.05) is 13.8 Å². The van der Waals surface area contributed by atoms with Crippen molar-refractivity contribution in [1.29, 1.82) is 0 Å². The molecule has 0 aliphatic heterocycles. The smallest absolute Gasteiger partial charge is 0.355 e. The van der Waals surface area contributed by atoms with Crippen LogP contribution >= 0.6 is 11.3 Å². The predicted octanol–water partition coefficient (Wildman–Crippen LogP) is 0.731. The molecule has 0 saturated heterocycles. The van der Waals surface area contributed by atoms with E-state index < -0.39 is 5.97 Å². The van der Waals surface area contributed by atoms with Gasteiger partial charge in [0, 0.05) is 24.9 Å². The molecule has 0 saturated carbocycles. The van der Waals surface area contributed by atoms with Crippen LogP contribution in [-0.2, 0) is 11.2 Å². The van der Waals surface area contributed by atoms with Crippen LogP contribution in [0.2, 0.25) is 0 Å². The minimum absolute atomic E-state index is 0.0494. The molecule has 1 amide bonds. The predicted molar refractivity (Wildman–Crippen MR) is 73.2 cm³/mol. The number of aromatic nitrogens is 1. The molecule has 106 valence electrons. The number of nitrogens with zero attached hydrogens (tertiary/aromatic N) is 1. The lowest BCUT2D eigenvalue weighted by atomic mass is 9.95. The van der Waals surface area contributed by atoms with E-state index in [1.54, 1.807) is 0 Å². The van der Waals surface area contributed by atoms with Crippen LogP contribution in [0.5, 0.6) is 0 Å². The van der Waals surface area contributed by atoms with Crippen LogP contribution in [-0.4, -0.2) is 35.1 Å². The van der Waals surface area contributed by atoms with Crippen molar-refractivity contribution in [2.45, 2.75) is 20.3 Å². The summed E-state index contributed by atoms with van der Waals surface area (Å²) < 4.78 is 0. The largest absolute Gasteiger partial charge is 0.476 e. The van der Waals surface area contributed by atoms with Crippen molar-refractivity contribution < 1.29 is 14.7 Å². The Hall–Kier alpha value is -1.47. The maximum Gasteiger partial charge on any atom is 0.355 e. The van der Waals surface area contributed by atoms with Crippen molar-refractivity contribution in [2.24, 2.45) is 17.6 Å². The summed E-state index contributed by atoms with van der Waals surface area (Å²) >= 11 is 1.28. The van der Waals surface area contributed by atoms with Crippen molar-refractivity contribution in [1.82, 2.24) is 10.3 Å². The molecule has 0 aliphatic rings. The lowest BCUT2D eigenvalue weighted by molar-refractivity contribution is -0.125. The third kappa shape index (κ3) is 4.60. The standard InChI is InChI=1S/C12H19N3O3S/c1-7(2)8(5-13)11(16)14-4-3-10-15-9(6-19-10)12(17)18/h6-8H,3-5,13H2,1-2H3,(H,14,16)(H,17,18). The maximum absolute atomic E-state index is 11.8. The molecule has 4 N–H and O–H groups in total. The van der Waals surface area contributed by atoms with E-state index in [0.717, 1.165) is 0 Å². The molecule has 0 radical (unpaired) electrons. The molecule has 1 aromatic rings. The fourth-order valence-corrected chi connectivity index (χ4v) is 2.40. The average molecular weight is 285 g/mol. The maximum atomic E-state index is 11.8. The minimum atomic E-state index is -1.03. The molecule has 1 heterocycles. The second-order valence-corrected chi connectivity index (χ2v) is 5.50. The second-order valence-electron chi connectivity index (χ2n) is 4.56. The zero-order chi connectivity index (χ0) is 14.4. The molecule has 1 aromatic heterocycles. The molecule has 19 heavy (non-hydrogen) atoms. The summed E-state index contributed by atoms with van der Waals surface area (Å²) in [6.45, 7) is 4.67. The van der Waals surface area contributed by atoms with Gasteiger partial charge in [0.05, 0.1) is 10.9 Å². The summed E-state index contributed by atoms with van der Waals surface area (Å²) in [5.41, 5.74) is 5.61. The van der Waals surface area contributed by atoms with E-state index in [1.807, 2.05) is 13.8 Å². The van der Waals surface area contributed by atoms with E-state index in [-0.39, 0.29) is 23.4 Å². The van der Waals surface area contributed by atoms with E-state index in [1.165, 1.54) is 16.7 Å². The van der Waals surface area contributed by atoms with Gasteiger partial charge in [-0.25, -0.2) is 9.78 Å². The number of hydrogen-bond acceptors (Lipinski definition) is 5. The molecular weight excluding hydrogens is 266 g/mol. The molecule has 0 bridgehead atoms. The van der Waals surface area contributed by atoms with Gasteiger partial charge in [0.15, 0.2) is 5.69 Å². The number of thiazole rings is 1. The summed E-state index contributed by atoms with van der Waals surface area (Å²) in [7, 11) is 0. The summed E-state index contributed by atoms with van der Waals surface area (Å²) in [5.74, 6) is -1.09. The highest BCUT2D eigenvalue weighted by molar-refractivity contribution is 7.09. The molecule has 0 spiro atoms. The molecule has 1 unspecified atom stereocenters. The Kier molecular flexibility index (Phi) is 5.91. The molecule has 6 nitrogen and oxygen atoms in total. The van der Waals surface area contributed by atoms with Crippen LogP contribution in [0.15, 0.2) is 5.38 Å². The zero-order valence-electron chi connectivity index (χ0n) is 11.0. The first-order valence-corrected chi connectivity index (χ1v) is 6.99. The third-order valence-corrected chi connectivity index (χ3v) is 3.71. The topological polar surface area (TPSA) is 105 Å². The number of rotatable bonds is 7. The molecule has 7 heteroatoms. The van der Waals surface area contributed by atoms with Gasteiger partial charge in [-0.05, 0) is 5.92 Å². The highest BCUT2D eigenvalue weighted by Crippen LogP contribution is 2.11. The van der Waals surface area contributed by atoms with Crippen LogP contribution in [0.3, 0.4) is 0 Å². The van der Waals surface area contributed by atoms with E-state index in [0.29, 0.717) is 24.5 Å². The van der Waals surface area contributed by atoms with E-state index in [2.05, 4.69) is 10.3 Å². The van der Waals surface area contributed by atoms with Crippen molar-refractivity contribution in [3.8, 4) is 0 Å². The van der Waals surface area contributed by atoms with Crippen LogP contribution in [0, 0.1) is 11.8 Å². The Balaban J connectivity index is 2.41. The van der Waals surface area contributed by atoms with Crippen molar-refractivity contribution >= 4 is 23.2 Å². The van der Waals surface area contributed by atoms with E-state index >= 15 is 0 Å². The number of carboxylic acid groups (broad SMARTS) is 1. The number of hydrogen-bond donors (Lipinski definition) is 3. The van der Waals surface area contributed by atoms with Gasteiger partial charge >= 0.3 is 5.97 Å². The Labute approximate surface area is 116 Å². The van der Waals surface area contributed by atoms with Crippen LogP contribution in [0.4, 0.5) is 0 Å². The number of carboxylic acids is 1. The first-order chi connectivity index (χ1) is 8.95. The van der Waals surface area contributed by atoms with Crippen LogP contribution < -0.4 is 11.1 Å². The van der Waals surface area contributed by atoms with Gasteiger partial charge in [0.2, 0.25) is 5.91 Å². The fourth-order valence-electron chi connectivity index (χ4n) is 1.63. The number of carbonyl (C=O) groups is 2. The lowest BCUT2D eigenvalue weighted by Gasteiger charge is -2.17. The minimum Gasteiger partial charge on any atom is -0.476 e. The number of nitrogens with two attached hydrogens (primary N) is 1. The van der Waals surface area contributed by atoms with Gasteiger partial charge in [-0.2, -0.15) is 0 Å². The monoisotopic (exact) mass is 285 g/mol. The Morgan fingerprint density at radius 3 is 2.68 bits per heavy atom. The number of carbonyl (C=O) groups excluding carboxylic acids is 1. The average Bonchev–Trinajstić information content (AvgIpc) is 2.78. The van der Waals surface area contributed by atoms with Gasteiger partial charge in [0.1, 0.15) is 0 Å². The molecular formula is C12H19N3O3S. The van der Waals surface area contributed by atoms with E-state index in [9.17, 15) is 9.59 Å². The van der Waals surface area contributed by atoms with Crippen molar-refractivity contribution in [3.05, 3.63) is 16.1 Å². The Morgan fingerprint density at radius 2 is 2.21 bits per heavy atom. The molecule has 1 atom stereocenters. The highest BCUT2D eigenvalue weighted by Gasteiger charge is 2.19. The normalized spacial score (nSPS) is 12.4. The molecule has 1 rings (SSSR count). The lowest BCUT2D eigenvalue weighted by Crippen LogP contribution is -2.38. The summed E-state index contributed by atoms with van der Waals surface area (Å²) in [4.78, 5) is 26.4. The molecule has 0 aliphatic carbocycles. The summed E-state index contributed by atoms with van der Waals surface area (Å²) in [6, 6.07) is 0. The van der Waals surface area contributed by atoms with Gasteiger partial charge in [-0.3, -0.25) is 4.79 Å². The van der Waals surface area contributed by atoms with Gasteiger partial charge in [0.25, 0.3) is 0 Å². The summed E-state index contributed by atoms with van der Waals surface area (Å²) in [6.07, 6.45) is 0.527. The quantitative estimate of drug-likeness (QED) is 0.685. The highest BCUT2D eigenvalue weighted by atomic mass is 32.1. The third-order valence-electron chi connectivity index (χ3n) is 2.80. The van der Waals surface area contributed by atoms with Crippen LogP contribution in [0.25, 0.3) is 0 Å². The Bertz CT molecular complexity index is 445. The molecule has 0 fully saturated rings. The van der Waals surface area contributed by atoms with Gasteiger partial charge in [-0.15, -0.1) is 11.3 Å². The zero-order valence-corrected chi connectivity index (χ0v) is 11.9. The van der Waals surface area contributed by atoms with E-state index in [4.69, 9.17) is 10.8 Å². The SMILES string of the molecule is CC(C)C(CN)C(=O)NCCc1nc(C(=O)O)cs1. The summed E-state index contributed by atoms with van der Waals surface area (Å²) in [5, 5.41) is 13.7. The second kappa shape index (κ2) is 7.20. The fraction of sp³-hybridized carbons (Fsp3) is 0.583. The van der Waals surface area contributed by atoms with Crippen molar-refractivity contribution in [2.75, 3.05) is 13.1 Å². The van der Waals surface area contributed by atoms with Crippen LogP contribution in [0.1, 0.15) is 29.3 Å². The number of nitrogens with one attached hydrogen (secondary N) is 1. The first-order valence-electron chi connectivity index (χ1n) is 6.11. The van der Waals surface area contributed by atoms with Gasteiger partial charge < -0.3 is 16.2 Å². The number of amides is 1. The molecule has 0 aromatic carbocycles. The Morgan fingerprint density at radius 1 is 1.53 bits per heavy atom. The number of aromatic carboxylic acids is 1.